The minimum atomic E-state index is 0.132. The van der Waals surface area contributed by atoms with E-state index in [0.717, 1.165) is 75.7 Å². The molecule has 126 valence electrons. The number of morpholine rings is 1. The highest BCUT2D eigenvalue weighted by Gasteiger charge is 2.23. The Morgan fingerprint density at radius 1 is 1.22 bits per heavy atom. The van der Waals surface area contributed by atoms with Gasteiger partial charge in [-0.05, 0) is 37.5 Å². The molecule has 3 rings (SSSR count). The molecule has 5 nitrogen and oxygen atoms in total. The number of amides is 1. The zero-order valence-electron chi connectivity index (χ0n) is 13.9. The Hall–Kier alpha value is -1.59. The average Bonchev–Trinajstić information content (AvgIpc) is 2.60. The van der Waals surface area contributed by atoms with Crippen LogP contribution in [0.4, 0.5) is 0 Å². The molecule has 0 aliphatic carbocycles. The lowest BCUT2D eigenvalue weighted by Gasteiger charge is -2.28. The number of rotatable bonds is 6. The van der Waals surface area contributed by atoms with Crippen molar-refractivity contribution in [2.45, 2.75) is 19.8 Å². The molecule has 1 saturated heterocycles. The zero-order chi connectivity index (χ0) is 16.1. The molecule has 1 aromatic rings. The zero-order valence-corrected chi connectivity index (χ0v) is 13.9. The van der Waals surface area contributed by atoms with Gasteiger partial charge in [0.15, 0.2) is 0 Å². The van der Waals surface area contributed by atoms with E-state index in [4.69, 9.17) is 9.47 Å². The van der Waals surface area contributed by atoms with Crippen LogP contribution < -0.4 is 4.74 Å². The van der Waals surface area contributed by atoms with Gasteiger partial charge < -0.3 is 14.4 Å². The van der Waals surface area contributed by atoms with Gasteiger partial charge in [-0.25, -0.2) is 0 Å². The molecule has 0 saturated carbocycles. The van der Waals surface area contributed by atoms with Gasteiger partial charge in [0.1, 0.15) is 5.75 Å². The Bertz CT molecular complexity index is 541. The summed E-state index contributed by atoms with van der Waals surface area (Å²) in [6.45, 7) is 9.03. The van der Waals surface area contributed by atoms with Crippen molar-refractivity contribution in [2.75, 3.05) is 52.5 Å². The van der Waals surface area contributed by atoms with Crippen molar-refractivity contribution in [3.8, 4) is 5.75 Å². The molecule has 1 aromatic carbocycles. The van der Waals surface area contributed by atoms with Crippen LogP contribution in [-0.2, 0) is 11.2 Å². The van der Waals surface area contributed by atoms with Crippen LogP contribution in [0.2, 0.25) is 0 Å². The lowest BCUT2D eigenvalue weighted by molar-refractivity contribution is 0.0358. The summed E-state index contributed by atoms with van der Waals surface area (Å²) in [5.41, 5.74) is 1.95. The van der Waals surface area contributed by atoms with E-state index in [1.807, 2.05) is 30.0 Å². The first-order chi connectivity index (χ1) is 11.3. The normalized spacial score (nSPS) is 18.8. The van der Waals surface area contributed by atoms with Gasteiger partial charge in [-0.3, -0.25) is 9.69 Å². The van der Waals surface area contributed by atoms with Gasteiger partial charge in [-0.15, -0.1) is 0 Å². The first kappa shape index (κ1) is 16.3. The van der Waals surface area contributed by atoms with E-state index < -0.39 is 0 Å². The number of carbonyl (C=O) groups is 1. The summed E-state index contributed by atoms with van der Waals surface area (Å²) >= 11 is 0. The summed E-state index contributed by atoms with van der Waals surface area (Å²) in [6, 6.07) is 5.94. The number of fused-ring (bicyclic) bond motifs is 1. The number of hydrogen-bond acceptors (Lipinski definition) is 4. The van der Waals surface area contributed by atoms with Gasteiger partial charge in [0, 0.05) is 38.3 Å². The molecule has 2 aliphatic heterocycles. The molecule has 0 N–H and O–H groups in total. The first-order valence-electron chi connectivity index (χ1n) is 8.63. The molecule has 1 fully saturated rings. The van der Waals surface area contributed by atoms with E-state index in [2.05, 4.69) is 4.90 Å². The number of likely N-dealkylation sites (N-methyl/N-ethyl adjacent to an activating group) is 1. The predicted octanol–water partition coefficient (Wildman–Crippen LogP) is 1.81. The number of ether oxygens (including phenoxy) is 2. The largest absolute Gasteiger partial charge is 0.494 e. The molecule has 0 atom stereocenters. The van der Waals surface area contributed by atoms with Gasteiger partial charge in [0.25, 0.3) is 5.91 Å². The highest BCUT2D eigenvalue weighted by Crippen LogP contribution is 2.24. The number of carbonyl (C=O) groups excluding carboxylic acids is 1. The second kappa shape index (κ2) is 7.79. The summed E-state index contributed by atoms with van der Waals surface area (Å²) in [6.07, 6.45) is 1.93. The Labute approximate surface area is 138 Å². The van der Waals surface area contributed by atoms with E-state index in [1.54, 1.807) is 0 Å². The number of hydrogen-bond donors (Lipinski definition) is 0. The fourth-order valence-corrected chi connectivity index (χ4v) is 3.19. The first-order valence-corrected chi connectivity index (χ1v) is 8.63. The van der Waals surface area contributed by atoms with Gasteiger partial charge in [0.05, 0.1) is 19.8 Å². The Morgan fingerprint density at radius 3 is 2.83 bits per heavy atom. The monoisotopic (exact) mass is 318 g/mol. The summed E-state index contributed by atoms with van der Waals surface area (Å²) in [5.74, 6) is 0.935. The van der Waals surface area contributed by atoms with Crippen molar-refractivity contribution < 1.29 is 14.3 Å². The quantitative estimate of drug-likeness (QED) is 0.750. The van der Waals surface area contributed by atoms with Crippen LogP contribution in [0.3, 0.4) is 0 Å². The smallest absolute Gasteiger partial charge is 0.254 e. The van der Waals surface area contributed by atoms with E-state index >= 15 is 0 Å². The maximum atomic E-state index is 12.4. The van der Waals surface area contributed by atoms with Crippen LogP contribution in [-0.4, -0.2) is 68.3 Å². The Kier molecular flexibility index (Phi) is 5.51. The fraction of sp³-hybridized carbons (Fsp3) is 0.611. The van der Waals surface area contributed by atoms with Crippen LogP contribution in [0.25, 0.3) is 0 Å². The van der Waals surface area contributed by atoms with Gasteiger partial charge >= 0.3 is 0 Å². The number of nitrogens with zero attached hydrogens (tertiary/aromatic N) is 2. The highest BCUT2D eigenvalue weighted by atomic mass is 16.5. The minimum Gasteiger partial charge on any atom is -0.494 e. The topological polar surface area (TPSA) is 42.0 Å². The van der Waals surface area contributed by atoms with Crippen LogP contribution in [0, 0.1) is 0 Å². The van der Waals surface area contributed by atoms with Crippen molar-refractivity contribution in [1.29, 1.82) is 0 Å². The number of benzene rings is 1. The second-order valence-corrected chi connectivity index (χ2v) is 6.11. The maximum Gasteiger partial charge on any atom is 0.254 e. The third-order valence-electron chi connectivity index (χ3n) is 4.62. The van der Waals surface area contributed by atoms with E-state index in [1.165, 1.54) is 0 Å². The van der Waals surface area contributed by atoms with Crippen LogP contribution >= 0.6 is 0 Å². The van der Waals surface area contributed by atoms with E-state index in [0.29, 0.717) is 6.61 Å². The van der Waals surface area contributed by atoms with E-state index in [-0.39, 0.29) is 5.91 Å². The highest BCUT2D eigenvalue weighted by molar-refractivity contribution is 5.97. The predicted molar refractivity (Wildman–Crippen MR) is 89.1 cm³/mol. The Balaban J connectivity index is 1.51. The second-order valence-electron chi connectivity index (χ2n) is 6.11. The van der Waals surface area contributed by atoms with Crippen LogP contribution in [0.5, 0.6) is 5.75 Å². The third kappa shape index (κ3) is 4.03. The van der Waals surface area contributed by atoms with Crippen molar-refractivity contribution >= 4 is 5.91 Å². The van der Waals surface area contributed by atoms with Gasteiger partial charge in [-0.1, -0.05) is 6.07 Å². The molecule has 23 heavy (non-hydrogen) atoms. The van der Waals surface area contributed by atoms with Crippen molar-refractivity contribution in [3.05, 3.63) is 29.3 Å². The Morgan fingerprint density at radius 2 is 2.04 bits per heavy atom. The molecule has 0 aromatic heterocycles. The summed E-state index contributed by atoms with van der Waals surface area (Å²) < 4.78 is 11.2. The molecule has 0 spiro atoms. The van der Waals surface area contributed by atoms with Gasteiger partial charge in [-0.2, -0.15) is 0 Å². The van der Waals surface area contributed by atoms with Crippen molar-refractivity contribution in [2.24, 2.45) is 0 Å². The lowest BCUT2D eigenvalue weighted by atomic mass is 9.99. The van der Waals surface area contributed by atoms with E-state index in [9.17, 15) is 4.79 Å². The van der Waals surface area contributed by atoms with Crippen LogP contribution in [0.1, 0.15) is 29.3 Å². The summed E-state index contributed by atoms with van der Waals surface area (Å²) in [5, 5.41) is 0. The standard InChI is InChI=1S/C18H26N2O3/c1-2-20-8-6-15-4-5-16(14-17(15)18(20)21)23-11-3-7-19-9-12-22-13-10-19/h4-5,14H,2-3,6-13H2,1H3. The minimum absolute atomic E-state index is 0.132. The molecule has 1 amide bonds. The SMILES string of the molecule is CCN1CCc2ccc(OCCCN3CCOCC3)cc2C1=O. The van der Waals surface area contributed by atoms with Crippen LogP contribution in [0.15, 0.2) is 18.2 Å². The average molecular weight is 318 g/mol. The molecule has 0 unspecified atom stereocenters. The molecule has 0 bridgehead atoms. The maximum absolute atomic E-state index is 12.4. The summed E-state index contributed by atoms with van der Waals surface area (Å²) in [4.78, 5) is 16.7. The molecule has 2 aliphatic rings. The third-order valence-corrected chi connectivity index (χ3v) is 4.62. The molecule has 2 heterocycles. The molecule has 5 heteroatoms. The lowest BCUT2D eigenvalue weighted by Crippen LogP contribution is -2.37. The van der Waals surface area contributed by atoms with Crippen molar-refractivity contribution in [3.63, 3.8) is 0 Å². The van der Waals surface area contributed by atoms with Crippen molar-refractivity contribution in [1.82, 2.24) is 9.80 Å². The fourth-order valence-electron chi connectivity index (χ4n) is 3.19. The molecular formula is C18H26N2O3. The molecular weight excluding hydrogens is 292 g/mol. The summed E-state index contributed by atoms with van der Waals surface area (Å²) in [7, 11) is 0. The van der Waals surface area contributed by atoms with Gasteiger partial charge in [0.2, 0.25) is 0 Å². The molecule has 0 radical (unpaired) electrons.